The normalized spacial score (nSPS) is 12.3. The van der Waals surface area contributed by atoms with Crippen LogP contribution in [-0.2, 0) is 14.2 Å². The number of carbonyl (C=O) groups is 1. The molecule has 0 bridgehead atoms. The van der Waals surface area contributed by atoms with E-state index in [0.717, 1.165) is 11.3 Å². The zero-order chi connectivity index (χ0) is 14.4. The molecule has 0 amide bonds. The van der Waals surface area contributed by atoms with E-state index in [9.17, 15) is 4.79 Å². The van der Waals surface area contributed by atoms with Gasteiger partial charge < -0.3 is 19.5 Å². The molecule has 0 heterocycles. The molecule has 0 saturated carbocycles. The van der Waals surface area contributed by atoms with E-state index in [1.165, 1.54) is 7.11 Å². The predicted molar refractivity (Wildman–Crippen MR) is 73.4 cm³/mol. The van der Waals surface area contributed by atoms with Crippen LogP contribution in [0.3, 0.4) is 0 Å². The smallest absolute Gasteiger partial charge is 0.337 e. The molecule has 1 rings (SSSR count). The monoisotopic (exact) mass is 267 g/mol. The number of anilines is 1. The summed E-state index contributed by atoms with van der Waals surface area (Å²) < 4.78 is 15.1. The maximum absolute atomic E-state index is 11.4. The summed E-state index contributed by atoms with van der Waals surface area (Å²) in [5, 5.41) is 3.29. The Bertz CT molecular complexity index is 429. The van der Waals surface area contributed by atoms with Gasteiger partial charge in [-0.1, -0.05) is 0 Å². The number of ether oxygens (including phenoxy) is 3. The molecule has 0 fully saturated rings. The summed E-state index contributed by atoms with van der Waals surface area (Å²) in [4.78, 5) is 11.4. The molecule has 5 nitrogen and oxygen atoms in total. The number of aryl methyl sites for hydroxylation is 1. The lowest BCUT2D eigenvalue weighted by atomic mass is 10.1. The van der Waals surface area contributed by atoms with E-state index in [-0.39, 0.29) is 18.3 Å². The van der Waals surface area contributed by atoms with E-state index in [2.05, 4.69) is 10.1 Å². The Kier molecular flexibility index (Phi) is 5.79. The van der Waals surface area contributed by atoms with Crippen LogP contribution in [0.25, 0.3) is 0 Å². The molecule has 0 aromatic heterocycles. The van der Waals surface area contributed by atoms with Gasteiger partial charge in [-0.2, -0.15) is 0 Å². The third-order valence-corrected chi connectivity index (χ3v) is 2.90. The topological polar surface area (TPSA) is 56.8 Å². The number of rotatable bonds is 6. The van der Waals surface area contributed by atoms with E-state index in [4.69, 9.17) is 9.47 Å². The first-order chi connectivity index (χ1) is 9.03. The lowest BCUT2D eigenvalue weighted by Gasteiger charge is -2.24. The van der Waals surface area contributed by atoms with Gasteiger partial charge in [0.2, 0.25) is 0 Å². The first kappa shape index (κ1) is 15.5. The van der Waals surface area contributed by atoms with E-state index < -0.39 is 0 Å². The molecule has 0 aliphatic heterocycles. The third kappa shape index (κ3) is 3.94. The number of hydrogen-bond acceptors (Lipinski definition) is 5. The van der Waals surface area contributed by atoms with Gasteiger partial charge in [-0.05, 0) is 37.6 Å². The fourth-order valence-electron chi connectivity index (χ4n) is 1.89. The van der Waals surface area contributed by atoms with Crippen molar-refractivity contribution in [2.45, 2.75) is 26.2 Å². The summed E-state index contributed by atoms with van der Waals surface area (Å²) in [6.45, 7) is 3.89. The van der Waals surface area contributed by atoms with Gasteiger partial charge in [-0.25, -0.2) is 4.79 Å². The fraction of sp³-hybridized carbons (Fsp3) is 0.500. The molecule has 0 saturated heterocycles. The second-order valence-corrected chi connectivity index (χ2v) is 4.29. The zero-order valence-electron chi connectivity index (χ0n) is 12.0. The van der Waals surface area contributed by atoms with Gasteiger partial charge in [0.25, 0.3) is 0 Å². The Morgan fingerprint density at radius 1 is 1.21 bits per heavy atom. The van der Waals surface area contributed by atoms with Gasteiger partial charge >= 0.3 is 5.97 Å². The SMILES string of the molecule is COC(=O)c1ccc(NC(C)C(OC)OC)c(C)c1. The zero-order valence-corrected chi connectivity index (χ0v) is 12.0. The van der Waals surface area contributed by atoms with E-state index in [1.54, 1.807) is 26.4 Å². The molecular weight excluding hydrogens is 246 g/mol. The van der Waals surface area contributed by atoms with E-state index >= 15 is 0 Å². The summed E-state index contributed by atoms with van der Waals surface area (Å²) in [6.07, 6.45) is -0.334. The molecule has 0 spiro atoms. The van der Waals surface area contributed by atoms with Gasteiger partial charge in [-0.3, -0.25) is 0 Å². The largest absolute Gasteiger partial charge is 0.465 e. The van der Waals surface area contributed by atoms with Crippen LogP contribution in [0.1, 0.15) is 22.8 Å². The molecule has 0 radical (unpaired) electrons. The second-order valence-electron chi connectivity index (χ2n) is 4.29. The quantitative estimate of drug-likeness (QED) is 0.632. The van der Waals surface area contributed by atoms with Gasteiger partial charge in [0.1, 0.15) is 0 Å². The standard InChI is InChI=1S/C14H21NO4/c1-9-8-11(13(16)17-3)6-7-12(9)15-10(2)14(18-4)19-5/h6-8,10,14-15H,1-5H3. The van der Waals surface area contributed by atoms with Crippen LogP contribution in [0.2, 0.25) is 0 Å². The van der Waals surface area contributed by atoms with E-state index in [1.807, 2.05) is 19.9 Å². The van der Waals surface area contributed by atoms with Crippen LogP contribution in [-0.4, -0.2) is 39.6 Å². The number of carbonyl (C=O) groups excluding carboxylic acids is 1. The van der Waals surface area contributed by atoms with Crippen LogP contribution in [0.5, 0.6) is 0 Å². The Balaban J connectivity index is 2.83. The Morgan fingerprint density at radius 3 is 2.32 bits per heavy atom. The summed E-state index contributed by atoms with van der Waals surface area (Å²) in [5.41, 5.74) is 2.42. The average Bonchev–Trinajstić information content (AvgIpc) is 2.41. The summed E-state index contributed by atoms with van der Waals surface area (Å²) in [6, 6.07) is 5.34. The molecule has 1 unspecified atom stereocenters. The molecule has 1 N–H and O–H groups in total. The maximum Gasteiger partial charge on any atom is 0.337 e. The van der Waals surface area contributed by atoms with Crippen molar-refractivity contribution in [2.75, 3.05) is 26.6 Å². The van der Waals surface area contributed by atoms with Gasteiger partial charge in [-0.15, -0.1) is 0 Å². The summed E-state index contributed by atoms with van der Waals surface area (Å²) in [7, 11) is 4.56. The molecular formula is C14H21NO4. The summed E-state index contributed by atoms with van der Waals surface area (Å²) >= 11 is 0. The van der Waals surface area contributed by atoms with Crippen LogP contribution < -0.4 is 5.32 Å². The fourth-order valence-corrected chi connectivity index (χ4v) is 1.89. The number of nitrogens with one attached hydrogen (secondary N) is 1. The highest BCUT2D eigenvalue weighted by Gasteiger charge is 2.16. The minimum atomic E-state index is -0.339. The van der Waals surface area contributed by atoms with Crippen molar-refractivity contribution < 1.29 is 19.0 Å². The molecule has 106 valence electrons. The average molecular weight is 267 g/mol. The second kappa shape index (κ2) is 7.11. The van der Waals surface area contributed by atoms with Crippen molar-refractivity contribution in [3.05, 3.63) is 29.3 Å². The Labute approximate surface area is 113 Å². The van der Waals surface area contributed by atoms with Gasteiger partial charge in [0, 0.05) is 19.9 Å². The number of esters is 1. The van der Waals surface area contributed by atoms with Gasteiger partial charge in [0.05, 0.1) is 18.7 Å². The first-order valence-corrected chi connectivity index (χ1v) is 6.04. The highest BCUT2D eigenvalue weighted by molar-refractivity contribution is 5.90. The molecule has 5 heteroatoms. The molecule has 19 heavy (non-hydrogen) atoms. The highest BCUT2D eigenvalue weighted by Crippen LogP contribution is 2.19. The van der Waals surface area contributed by atoms with E-state index in [0.29, 0.717) is 5.56 Å². The Morgan fingerprint density at radius 2 is 1.84 bits per heavy atom. The molecule has 0 aliphatic carbocycles. The number of hydrogen-bond donors (Lipinski definition) is 1. The first-order valence-electron chi connectivity index (χ1n) is 6.04. The molecule has 0 aliphatic rings. The lowest BCUT2D eigenvalue weighted by Crippen LogP contribution is -2.34. The molecule has 1 aromatic rings. The highest BCUT2D eigenvalue weighted by atomic mass is 16.7. The van der Waals surface area contributed by atoms with Crippen LogP contribution in [0.4, 0.5) is 5.69 Å². The van der Waals surface area contributed by atoms with Crippen molar-refractivity contribution in [2.24, 2.45) is 0 Å². The molecule has 1 aromatic carbocycles. The lowest BCUT2D eigenvalue weighted by molar-refractivity contribution is -0.109. The van der Waals surface area contributed by atoms with Crippen molar-refractivity contribution in [3.63, 3.8) is 0 Å². The minimum Gasteiger partial charge on any atom is -0.465 e. The predicted octanol–water partition coefficient (Wildman–Crippen LogP) is 2.20. The number of benzene rings is 1. The Hall–Kier alpha value is -1.59. The van der Waals surface area contributed by atoms with Gasteiger partial charge in [0.15, 0.2) is 6.29 Å². The van der Waals surface area contributed by atoms with Crippen LogP contribution >= 0.6 is 0 Å². The van der Waals surface area contributed by atoms with Crippen molar-refractivity contribution in [3.8, 4) is 0 Å². The van der Waals surface area contributed by atoms with Crippen molar-refractivity contribution in [1.29, 1.82) is 0 Å². The van der Waals surface area contributed by atoms with Crippen molar-refractivity contribution >= 4 is 11.7 Å². The van der Waals surface area contributed by atoms with Crippen LogP contribution in [0, 0.1) is 6.92 Å². The number of methoxy groups -OCH3 is 3. The minimum absolute atomic E-state index is 0.0160. The van der Waals surface area contributed by atoms with Crippen LogP contribution in [0.15, 0.2) is 18.2 Å². The van der Waals surface area contributed by atoms with Crippen molar-refractivity contribution in [1.82, 2.24) is 0 Å². The molecule has 1 atom stereocenters. The summed E-state index contributed by atoms with van der Waals surface area (Å²) in [5.74, 6) is -0.339. The maximum atomic E-state index is 11.4. The third-order valence-electron chi connectivity index (χ3n) is 2.90.